The van der Waals surface area contributed by atoms with Gasteiger partial charge in [-0.15, -0.1) is 24.0 Å². The number of pyridine rings is 1. The summed E-state index contributed by atoms with van der Waals surface area (Å²) in [6.45, 7) is 2.22. The summed E-state index contributed by atoms with van der Waals surface area (Å²) in [6.07, 6.45) is 3.68. The molecule has 1 aromatic carbocycles. The van der Waals surface area contributed by atoms with Gasteiger partial charge in [-0.1, -0.05) is 41.6 Å². The molecule has 2 N–H and O–H groups in total. The number of nitrogens with zero attached hydrogens (tertiary/aromatic N) is 2. The van der Waals surface area contributed by atoms with Gasteiger partial charge in [0.15, 0.2) is 5.17 Å². The van der Waals surface area contributed by atoms with E-state index in [2.05, 4.69) is 15.2 Å². The quantitative estimate of drug-likeness (QED) is 0.383. The number of anilines is 1. The van der Waals surface area contributed by atoms with Crippen LogP contribution in [0.25, 0.3) is 0 Å². The molecular weight excluding hydrogens is 443 g/mol. The van der Waals surface area contributed by atoms with E-state index in [1.807, 2.05) is 48.7 Å². The van der Waals surface area contributed by atoms with Gasteiger partial charge in [-0.05, 0) is 36.1 Å². The molecule has 2 rings (SSSR count). The van der Waals surface area contributed by atoms with Crippen molar-refractivity contribution in [2.45, 2.75) is 6.54 Å². The average Bonchev–Trinajstić information content (AvgIpc) is 2.56. The Morgan fingerprint density at radius 1 is 1.26 bits per heavy atom. The second-order valence-electron chi connectivity index (χ2n) is 4.70. The van der Waals surface area contributed by atoms with Crippen LogP contribution < -0.4 is 10.2 Å². The minimum absolute atomic E-state index is 0. The van der Waals surface area contributed by atoms with Crippen LogP contribution in [0.2, 0.25) is 5.02 Å². The van der Waals surface area contributed by atoms with Gasteiger partial charge in [0, 0.05) is 30.9 Å². The molecule has 0 fully saturated rings. The molecule has 0 saturated heterocycles. The normalized spacial score (nSPS) is 9.83. The maximum absolute atomic E-state index is 7.63. The molecule has 0 amide bonds. The van der Waals surface area contributed by atoms with Crippen LogP contribution in [0.3, 0.4) is 0 Å². The van der Waals surface area contributed by atoms with Crippen LogP contribution >= 0.6 is 47.3 Å². The predicted octanol–water partition coefficient (Wildman–Crippen LogP) is 4.25. The highest BCUT2D eigenvalue weighted by Gasteiger charge is 2.08. The minimum Gasteiger partial charge on any atom is -0.363 e. The van der Waals surface area contributed by atoms with E-state index >= 15 is 0 Å². The first-order chi connectivity index (χ1) is 10.7. The topological polar surface area (TPSA) is 52.0 Å². The lowest BCUT2D eigenvalue weighted by atomic mass is 10.2. The Kier molecular flexibility index (Phi) is 9.35. The summed E-state index contributed by atoms with van der Waals surface area (Å²) >= 11 is 7.34. The second-order valence-corrected chi connectivity index (χ2v) is 5.95. The number of aromatic nitrogens is 1. The third-order valence-electron chi connectivity index (χ3n) is 3.13. The van der Waals surface area contributed by atoms with E-state index < -0.39 is 0 Å². The molecule has 0 saturated carbocycles. The molecule has 124 valence electrons. The zero-order valence-electron chi connectivity index (χ0n) is 12.8. The lowest BCUT2D eigenvalue weighted by molar-refractivity contribution is 0.747. The van der Waals surface area contributed by atoms with Crippen LogP contribution in [0.1, 0.15) is 5.56 Å². The molecule has 0 aliphatic heterocycles. The molecule has 0 bridgehead atoms. The summed E-state index contributed by atoms with van der Waals surface area (Å²) in [7, 11) is 0. The third kappa shape index (κ3) is 6.97. The first-order valence-electron chi connectivity index (χ1n) is 6.96. The van der Waals surface area contributed by atoms with Crippen LogP contribution in [0, 0.1) is 5.41 Å². The van der Waals surface area contributed by atoms with Gasteiger partial charge >= 0.3 is 0 Å². The molecule has 7 heteroatoms. The molecule has 2 aromatic rings. The number of hydrogen-bond acceptors (Lipinski definition) is 4. The van der Waals surface area contributed by atoms with Gasteiger partial charge in [0.25, 0.3) is 0 Å². The van der Waals surface area contributed by atoms with E-state index in [1.54, 1.807) is 6.20 Å². The van der Waals surface area contributed by atoms with Crippen molar-refractivity contribution >= 4 is 58.3 Å². The fourth-order valence-electron chi connectivity index (χ4n) is 2.00. The van der Waals surface area contributed by atoms with Crippen LogP contribution in [-0.4, -0.2) is 29.5 Å². The van der Waals surface area contributed by atoms with Gasteiger partial charge in [-0.3, -0.25) is 5.41 Å². The third-order valence-corrected chi connectivity index (χ3v) is 3.94. The van der Waals surface area contributed by atoms with Crippen molar-refractivity contribution in [2.24, 2.45) is 0 Å². The van der Waals surface area contributed by atoms with Gasteiger partial charge in [0.2, 0.25) is 0 Å². The lowest BCUT2D eigenvalue weighted by Crippen LogP contribution is -2.33. The van der Waals surface area contributed by atoms with Gasteiger partial charge in [0.1, 0.15) is 5.82 Å². The smallest absolute Gasteiger partial charge is 0.153 e. The summed E-state index contributed by atoms with van der Waals surface area (Å²) in [6, 6.07) is 13.7. The SMILES string of the molecule is CSC(=N)NCCN(Cc1ccc(Cl)cc1)c1ccccn1.I. The zero-order chi connectivity index (χ0) is 15.8. The molecule has 0 radical (unpaired) electrons. The van der Waals surface area contributed by atoms with Gasteiger partial charge < -0.3 is 10.2 Å². The summed E-state index contributed by atoms with van der Waals surface area (Å²) in [5, 5.41) is 11.9. The van der Waals surface area contributed by atoms with E-state index in [1.165, 1.54) is 17.3 Å². The lowest BCUT2D eigenvalue weighted by Gasteiger charge is -2.24. The predicted molar refractivity (Wildman–Crippen MR) is 111 cm³/mol. The van der Waals surface area contributed by atoms with E-state index in [0.717, 1.165) is 23.9 Å². The molecule has 1 heterocycles. The molecule has 0 spiro atoms. The van der Waals surface area contributed by atoms with Crippen molar-refractivity contribution in [3.05, 3.63) is 59.2 Å². The molecule has 0 aliphatic carbocycles. The molecular formula is C16H20ClIN4S. The van der Waals surface area contributed by atoms with Crippen LogP contribution in [0.5, 0.6) is 0 Å². The Morgan fingerprint density at radius 3 is 2.61 bits per heavy atom. The molecule has 23 heavy (non-hydrogen) atoms. The van der Waals surface area contributed by atoms with Crippen LogP contribution in [-0.2, 0) is 6.54 Å². The maximum atomic E-state index is 7.63. The Morgan fingerprint density at radius 2 is 2.00 bits per heavy atom. The van der Waals surface area contributed by atoms with Crippen molar-refractivity contribution in [3.8, 4) is 0 Å². The van der Waals surface area contributed by atoms with Crippen molar-refractivity contribution in [3.63, 3.8) is 0 Å². The first kappa shape index (κ1) is 20.1. The molecule has 1 aromatic heterocycles. The highest BCUT2D eigenvalue weighted by molar-refractivity contribution is 14.0. The number of thioether (sulfide) groups is 1. The standard InChI is InChI=1S/C16H19ClN4S.HI/c1-22-16(18)20-10-11-21(15-4-2-3-9-19-15)12-13-5-7-14(17)8-6-13;/h2-9H,10-12H2,1H3,(H2,18,20);1H. The van der Waals surface area contributed by atoms with Gasteiger partial charge in [0.05, 0.1) is 0 Å². The monoisotopic (exact) mass is 462 g/mol. The summed E-state index contributed by atoms with van der Waals surface area (Å²) in [5.41, 5.74) is 1.18. The van der Waals surface area contributed by atoms with Crippen molar-refractivity contribution < 1.29 is 0 Å². The fraction of sp³-hybridized carbons (Fsp3) is 0.250. The van der Waals surface area contributed by atoms with Gasteiger partial charge in [-0.2, -0.15) is 0 Å². The number of hydrogen-bond donors (Lipinski definition) is 2. The summed E-state index contributed by atoms with van der Waals surface area (Å²) in [4.78, 5) is 6.61. The largest absolute Gasteiger partial charge is 0.363 e. The number of benzene rings is 1. The molecule has 0 aliphatic rings. The Labute approximate surface area is 163 Å². The Hall–Kier alpha value is -0.990. The van der Waals surface area contributed by atoms with E-state index in [0.29, 0.717) is 11.7 Å². The maximum Gasteiger partial charge on any atom is 0.153 e. The van der Waals surface area contributed by atoms with Crippen LogP contribution in [0.15, 0.2) is 48.7 Å². The number of amidine groups is 1. The fourth-order valence-corrected chi connectivity index (χ4v) is 2.37. The molecule has 0 unspecified atom stereocenters. The second kappa shape index (κ2) is 10.7. The van der Waals surface area contributed by atoms with E-state index in [-0.39, 0.29) is 24.0 Å². The number of rotatable bonds is 6. The average molecular weight is 463 g/mol. The zero-order valence-corrected chi connectivity index (χ0v) is 16.7. The Balaban J connectivity index is 0.00000264. The number of nitrogens with one attached hydrogen (secondary N) is 2. The van der Waals surface area contributed by atoms with Crippen molar-refractivity contribution in [2.75, 3.05) is 24.2 Å². The van der Waals surface area contributed by atoms with Crippen molar-refractivity contribution in [1.82, 2.24) is 10.3 Å². The Bertz CT molecular complexity index is 595. The summed E-state index contributed by atoms with van der Waals surface area (Å²) < 4.78 is 0. The van der Waals surface area contributed by atoms with E-state index in [4.69, 9.17) is 17.0 Å². The highest BCUT2D eigenvalue weighted by atomic mass is 127. The highest BCUT2D eigenvalue weighted by Crippen LogP contribution is 2.15. The molecule has 0 atom stereocenters. The molecule has 4 nitrogen and oxygen atoms in total. The van der Waals surface area contributed by atoms with Gasteiger partial charge in [-0.25, -0.2) is 4.98 Å². The summed E-state index contributed by atoms with van der Waals surface area (Å²) in [5.74, 6) is 0.926. The van der Waals surface area contributed by atoms with E-state index in [9.17, 15) is 0 Å². The van der Waals surface area contributed by atoms with Crippen LogP contribution in [0.4, 0.5) is 5.82 Å². The number of halogens is 2. The first-order valence-corrected chi connectivity index (χ1v) is 8.56. The minimum atomic E-state index is 0. The van der Waals surface area contributed by atoms with Crippen molar-refractivity contribution in [1.29, 1.82) is 5.41 Å².